The maximum Gasteiger partial charge on any atom is 0.329 e. The molecule has 2 aromatic carbocycles. The van der Waals surface area contributed by atoms with Crippen molar-refractivity contribution >= 4 is 16.9 Å². The maximum atomic E-state index is 13.5. The van der Waals surface area contributed by atoms with Crippen molar-refractivity contribution < 1.29 is 8.78 Å². The van der Waals surface area contributed by atoms with Crippen LogP contribution in [0.1, 0.15) is 0 Å². The Hall–Kier alpha value is -4.01. The first kappa shape index (κ1) is 17.1. The molecule has 0 aliphatic rings. The van der Waals surface area contributed by atoms with E-state index in [2.05, 4.69) is 9.97 Å². The molecule has 5 aromatic rings. The number of fused-ring (bicyclic) bond motifs is 3. The van der Waals surface area contributed by atoms with Gasteiger partial charge in [-0.15, -0.1) is 0 Å². The van der Waals surface area contributed by atoms with Crippen LogP contribution in [0.5, 0.6) is 0 Å². The molecule has 0 saturated heterocycles. The van der Waals surface area contributed by atoms with Gasteiger partial charge in [0.25, 0.3) is 5.56 Å². The number of nitrogens with one attached hydrogen (secondary N) is 1. The van der Waals surface area contributed by atoms with Gasteiger partial charge in [-0.2, -0.15) is 4.98 Å². The molecule has 0 amide bonds. The monoisotopic (exact) mass is 393 g/mol. The number of H-pyrrole nitrogens is 1. The first-order valence-electron chi connectivity index (χ1n) is 8.69. The number of imidazole rings is 2. The highest BCUT2D eigenvalue weighted by Gasteiger charge is 2.20. The van der Waals surface area contributed by atoms with Crippen molar-refractivity contribution in [3.8, 4) is 16.9 Å². The van der Waals surface area contributed by atoms with E-state index in [0.717, 1.165) is 0 Å². The minimum absolute atomic E-state index is 0.200. The Morgan fingerprint density at radius 3 is 2.21 bits per heavy atom. The molecule has 0 spiro atoms. The van der Waals surface area contributed by atoms with E-state index in [4.69, 9.17) is 0 Å². The van der Waals surface area contributed by atoms with Crippen molar-refractivity contribution in [1.82, 2.24) is 23.5 Å². The summed E-state index contributed by atoms with van der Waals surface area (Å²) in [5.74, 6) is -0.416. The largest absolute Gasteiger partial charge is 0.329 e. The van der Waals surface area contributed by atoms with E-state index >= 15 is 0 Å². The fourth-order valence-electron chi connectivity index (χ4n) is 3.43. The minimum atomic E-state index is -0.574. The Balaban J connectivity index is 1.94. The van der Waals surface area contributed by atoms with Gasteiger partial charge in [0.05, 0.1) is 5.69 Å². The van der Waals surface area contributed by atoms with Gasteiger partial charge in [-0.3, -0.25) is 23.3 Å². The molecule has 5 rings (SSSR count). The lowest BCUT2D eigenvalue weighted by atomic mass is 10.1. The number of hydrogen-bond donors (Lipinski definition) is 1. The van der Waals surface area contributed by atoms with Crippen LogP contribution in [0.2, 0.25) is 0 Å². The molecular weight excluding hydrogens is 380 g/mol. The number of aromatic nitrogens is 5. The zero-order valence-electron chi connectivity index (χ0n) is 15.1. The van der Waals surface area contributed by atoms with Gasteiger partial charge in [-0.1, -0.05) is 0 Å². The fourth-order valence-corrected chi connectivity index (χ4v) is 3.43. The number of aromatic amines is 1. The third kappa shape index (κ3) is 2.51. The summed E-state index contributed by atoms with van der Waals surface area (Å²) >= 11 is 0. The van der Waals surface area contributed by atoms with E-state index < -0.39 is 17.1 Å². The second kappa shape index (κ2) is 5.99. The lowest BCUT2D eigenvalue weighted by molar-refractivity contribution is 0.627. The number of rotatable bonds is 2. The van der Waals surface area contributed by atoms with E-state index in [-0.39, 0.29) is 17.0 Å². The van der Waals surface area contributed by atoms with E-state index in [1.165, 1.54) is 35.9 Å². The Bertz CT molecular complexity index is 1510. The second-order valence-electron chi connectivity index (χ2n) is 6.61. The van der Waals surface area contributed by atoms with Crippen molar-refractivity contribution in [3.05, 3.63) is 87.2 Å². The zero-order chi connectivity index (χ0) is 20.3. The van der Waals surface area contributed by atoms with Crippen LogP contribution in [0, 0.1) is 11.6 Å². The van der Waals surface area contributed by atoms with Crippen LogP contribution in [0.3, 0.4) is 0 Å². The predicted octanol–water partition coefficient (Wildman–Crippen LogP) is 2.61. The summed E-state index contributed by atoms with van der Waals surface area (Å²) in [6, 6.07) is 11.6. The van der Waals surface area contributed by atoms with E-state index in [1.54, 1.807) is 39.4 Å². The Kier molecular flexibility index (Phi) is 3.54. The summed E-state index contributed by atoms with van der Waals surface area (Å²) in [6.07, 6.45) is 1.68. The third-order valence-corrected chi connectivity index (χ3v) is 4.85. The number of aryl methyl sites for hydroxylation is 1. The number of halogens is 2. The van der Waals surface area contributed by atoms with Crippen molar-refractivity contribution in [2.45, 2.75) is 0 Å². The molecule has 7 nitrogen and oxygen atoms in total. The number of nitrogens with zero attached hydrogens (tertiary/aromatic N) is 4. The lowest BCUT2D eigenvalue weighted by Gasteiger charge is -2.09. The first-order chi connectivity index (χ1) is 13.9. The van der Waals surface area contributed by atoms with Gasteiger partial charge in [-0.25, -0.2) is 13.6 Å². The SMILES string of the molecule is Cn1c(=O)[nH]c(=O)c2c1nc1n(-c3ccc(F)cc3)c(-c3ccc(F)cc3)cn21. The molecule has 1 N–H and O–H groups in total. The molecule has 0 radical (unpaired) electrons. The van der Waals surface area contributed by atoms with Gasteiger partial charge in [0.15, 0.2) is 11.2 Å². The molecule has 3 aromatic heterocycles. The van der Waals surface area contributed by atoms with Crippen LogP contribution < -0.4 is 11.2 Å². The van der Waals surface area contributed by atoms with Crippen LogP contribution in [0.25, 0.3) is 33.9 Å². The molecule has 0 saturated carbocycles. The Morgan fingerprint density at radius 1 is 0.931 bits per heavy atom. The second-order valence-corrected chi connectivity index (χ2v) is 6.61. The summed E-state index contributed by atoms with van der Waals surface area (Å²) in [6.45, 7) is 0. The summed E-state index contributed by atoms with van der Waals surface area (Å²) in [5.41, 5.74) is 1.16. The average Bonchev–Trinajstić information content (AvgIpc) is 3.24. The van der Waals surface area contributed by atoms with Crippen LogP contribution in [0.15, 0.2) is 64.3 Å². The molecule has 3 heterocycles. The van der Waals surface area contributed by atoms with Crippen molar-refractivity contribution in [3.63, 3.8) is 0 Å². The molecule has 0 bridgehead atoms. The highest BCUT2D eigenvalue weighted by Crippen LogP contribution is 2.29. The number of benzene rings is 2. The molecule has 0 aliphatic carbocycles. The molecule has 0 aliphatic heterocycles. The molecule has 0 fully saturated rings. The first-order valence-corrected chi connectivity index (χ1v) is 8.69. The highest BCUT2D eigenvalue weighted by molar-refractivity contribution is 5.79. The minimum Gasteiger partial charge on any atom is -0.279 e. The summed E-state index contributed by atoms with van der Waals surface area (Å²) in [5, 5.41) is 0. The third-order valence-electron chi connectivity index (χ3n) is 4.85. The zero-order valence-corrected chi connectivity index (χ0v) is 15.1. The number of hydrogen-bond acceptors (Lipinski definition) is 3. The van der Waals surface area contributed by atoms with Crippen molar-refractivity contribution in [1.29, 1.82) is 0 Å². The average molecular weight is 393 g/mol. The van der Waals surface area contributed by atoms with Gasteiger partial charge >= 0.3 is 5.69 Å². The quantitative estimate of drug-likeness (QED) is 0.501. The van der Waals surface area contributed by atoms with Crippen molar-refractivity contribution in [2.24, 2.45) is 7.05 Å². The van der Waals surface area contributed by atoms with Gasteiger partial charge in [0.2, 0.25) is 5.78 Å². The molecular formula is C20H13F2N5O2. The standard InChI is InChI=1S/C20H13F2N5O2/c1-25-17-16(18(28)24-20(25)29)26-10-15(11-2-4-12(21)5-3-11)27(19(26)23-17)14-8-6-13(22)7-9-14/h2-10H,1H3,(H,24,28,29). The molecule has 29 heavy (non-hydrogen) atoms. The summed E-state index contributed by atoms with van der Waals surface area (Å²) in [4.78, 5) is 31.2. The van der Waals surface area contributed by atoms with Crippen LogP contribution in [-0.2, 0) is 7.05 Å². The van der Waals surface area contributed by atoms with Crippen LogP contribution in [-0.4, -0.2) is 23.5 Å². The van der Waals surface area contributed by atoms with Gasteiger partial charge in [-0.05, 0) is 48.5 Å². The molecule has 144 valence electrons. The topological polar surface area (TPSA) is 77.1 Å². The van der Waals surface area contributed by atoms with E-state index in [0.29, 0.717) is 22.7 Å². The molecule has 9 heteroatoms. The fraction of sp³-hybridized carbons (Fsp3) is 0.0500. The van der Waals surface area contributed by atoms with E-state index in [9.17, 15) is 18.4 Å². The van der Waals surface area contributed by atoms with Crippen LogP contribution >= 0.6 is 0 Å². The maximum absolute atomic E-state index is 13.5. The van der Waals surface area contributed by atoms with Gasteiger partial charge < -0.3 is 0 Å². The van der Waals surface area contributed by atoms with Gasteiger partial charge in [0.1, 0.15) is 11.6 Å². The summed E-state index contributed by atoms with van der Waals surface area (Å²) in [7, 11) is 1.51. The lowest BCUT2D eigenvalue weighted by Crippen LogP contribution is -2.28. The predicted molar refractivity (Wildman–Crippen MR) is 103 cm³/mol. The van der Waals surface area contributed by atoms with E-state index in [1.807, 2.05) is 0 Å². The highest BCUT2D eigenvalue weighted by atomic mass is 19.1. The van der Waals surface area contributed by atoms with Crippen LogP contribution in [0.4, 0.5) is 8.78 Å². The van der Waals surface area contributed by atoms with Gasteiger partial charge in [0, 0.05) is 24.5 Å². The smallest absolute Gasteiger partial charge is 0.279 e. The Morgan fingerprint density at radius 2 is 1.55 bits per heavy atom. The van der Waals surface area contributed by atoms with Crippen molar-refractivity contribution in [2.75, 3.05) is 0 Å². The molecule has 0 atom stereocenters. The summed E-state index contributed by atoms with van der Waals surface area (Å²) < 4.78 is 31.4. The molecule has 0 unspecified atom stereocenters. The Labute approximate surface area is 161 Å². The normalized spacial score (nSPS) is 11.6.